The maximum absolute atomic E-state index is 12.1. The molecule has 6 heteroatoms. The number of halogens is 1. The van der Waals surface area contributed by atoms with Gasteiger partial charge in [-0.15, -0.1) is 0 Å². The van der Waals surface area contributed by atoms with E-state index in [-0.39, 0.29) is 11.6 Å². The summed E-state index contributed by atoms with van der Waals surface area (Å²) in [4.78, 5) is 24.0. The summed E-state index contributed by atoms with van der Waals surface area (Å²) >= 11 is 6.05. The van der Waals surface area contributed by atoms with E-state index in [1.165, 1.54) is 6.08 Å². The van der Waals surface area contributed by atoms with Crippen molar-refractivity contribution in [1.82, 2.24) is 9.13 Å². The molecule has 0 saturated carbocycles. The lowest BCUT2D eigenvalue weighted by molar-refractivity contribution is -0.111. The van der Waals surface area contributed by atoms with Gasteiger partial charge in [0, 0.05) is 30.9 Å². The van der Waals surface area contributed by atoms with Gasteiger partial charge in [-0.25, -0.2) is 4.79 Å². The summed E-state index contributed by atoms with van der Waals surface area (Å²) < 4.78 is 3.11. The van der Waals surface area contributed by atoms with Crippen molar-refractivity contribution < 1.29 is 4.79 Å². The highest BCUT2D eigenvalue weighted by Gasteiger charge is 2.08. The minimum absolute atomic E-state index is 0.105. The molecule has 1 aromatic heterocycles. The second kappa shape index (κ2) is 6.37. The molecule has 0 saturated heterocycles. The Labute approximate surface area is 143 Å². The number of hydrogen-bond donors (Lipinski definition) is 1. The summed E-state index contributed by atoms with van der Waals surface area (Å²) in [6.07, 6.45) is 3.09. The predicted molar refractivity (Wildman–Crippen MR) is 97.3 cm³/mol. The Morgan fingerprint density at radius 2 is 1.79 bits per heavy atom. The number of benzene rings is 2. The lowest BCUT2D eigenvalue weighted by Crippen LogP contribution is -2.19. The first-order valence-electron chi connectivity index (χ1n) is 7.36. The largest absolute Gasteiger partial charge is 0.328 e. The summed E-state index contributed by atoms with van der Waals surface area (Å²) in [5, 5.41) is 3.37. The van der Waals surface area contributed by atoms with Crippen molar-refractivity contribution in [2.24, 2.45) is 14.1 Å². The Kier molecular flexibility index (Phi) is 4.27. The minimum Gasteiger partial charge on any atom is -0.322 e. The Bertz CT molecular complexity index is 1010. The van der Waals surface area contributed by atoms with Crippen LogP contribution in [0.15, 0.2) is 53.3 Å². The monoisotopic (exact) mass is 341 g/mol. The van der Waals surface area contributed by atoms with E-state index in [4.69, 9.17) is 11.6 Å². The first-order valence-corrected chi connectivity index (χ1v) is 7.74. The molecule has 3 aromatic rings. The fourth-order valence-electron chi connectivity index (χ4n) is 2.54. The lowest BCUT2D eigenvalue weighted by atomic mass is 10.2. The van der Waals surface area contributed by atoms with Gasteiger partial charge in [-0.2, -0.15) is 0 Å². The third-order valence-corrected chi connectivity index (χ3v) is 4.20. The first kappa shape index (κ1) is 16.1. The van der Waals surface area contributed by atoms with E-state index in [1.807, 2.05) is 24.3 Å². The van der Waals surface area contributed by atoms with E-state index in [0.717, 1.165) is 16.6 Å². The van der Waals surface area contributed by atoms with E-state index in [1.54, 1.807) is 47.5 Å². The minimum atomic E-state index is -0.268. The lowest BCUT2D eigenvalue weighted by Gasteiger charge is -2.03. The molecule has 0 atom stereocenters. The number of nitrogens with one attached hydrogen (secondary N) is 1. The van der Waals surface area contributed by atoms with Gasteiger partial charge in [-0.3, -0.25) is 13.9 Å². The molecule has 0 aliphatic carbocycles. The van der Waals surface area contributed by atoms with Crippen LogP contribution in [0.25, 0.3) is 17.1 Å². The summed E-state index contributed by atoms with van der Waals surface area (Å²) in [5.41, 5.74) is 2.86. The standard InChI is InChI=1S/C18H16ClN3O2/c1-21-15-9-8-13(11-16(15)22(2)18(21)24)20-17(23)10-7-12-5-3-4-6-14(12)19/h3-11H,1-2H3,(H,20,23)/b10-7+. The van der Waals surface area contributed by atoms with Gasteiger partial charge in [0.15, 0.2) is 0 Å². The molecule has 122 valence electrons. The third-order valence-electron chi connectivity index (χ3n) is 3.86. The average molecular weight is 342 g/mol. The number of aryl methyl sites for hydroxylation is 2. The maximum atomic E-state index is 12.1. The van der Waals surface area contributed by atoms with Crippen LogP contribution in [0.3, 0.4) is 0 Å². The van der Waals surface area contributed by atoms with Gasteiger partial charge in [0.05, 0.1) is 11.0 Å². The van der Waals surface area contributed by atoms with Crippen LogP contribution in [0.5, 0.6) is 0 Å². The van der Waals surface area contributed by atoms with Crippen molar-refractivity contribution in [3.8, 4) is 0 Å². The van der Waals surface area contributed by atoms with Crippen LogP contribution < -0.4 is 11.0 Å². The van der Waals surface area contributed by atoms with Gasteiger partial charge < -0.3 is 5.32 Å². The second-order valence-electron chi connectivity index (χ2n) is 5.45. The highest BCUT2D eigenvalue weighted by molar-refractivity contribution is 6.32. The number of fused-ring (bicyclic) bond motifs is 1. The van der Waals surface area contributed by atoms with Gasteiger partial charge >= 0.3 is 5.69 Å². The molecule has 0 fully saturated rings. The van der Waals surface area contributed by atoms with E-state index in [0.29, 0.717) is 10.7 Å². The Hall–Kier alpha value is -2.79. The van der Waals surface area contributed by atoms with Crippen molar-refractivity contribution in [2.45, 2.75) is 0 Å². The van der Waals surface area contributed by atoms with Crippen LogP contribution >= 0.6 is 11.6 Å². The number of amides is 1. The van der Waals surface area contributed by atoms with Gasteiger partial charge in [-0.05, 0) is 35.9 Å². The average Bonchev–Trinajstić information content (AvgIpc) is 2.78. The molecule has 24 heavy (non-hydrogen) atoms. The number of imidazole rings is 1. The molecule has 5 nitrogen and oxygen atoms in total. The van der Waals surface area contributed by atoms with Crippen LogP contribution in [-0.4, -0.2) is 15.0 Å². The zero-order chi connectivity index (χ0) is 17.3. The van der Waals surface area contributed by atoms with Gasteiger partial charge in [0.1, 0.15) is 0 Å². The van der Waals surface area contributed by atoms with E-state index in [2.05, 4.69) is 5.32 Å². The molecule has 0 unspecified atom stereocenters. The molecule has 1 heterocycles. The number of aromatic nitrogens is 2. The fourth-order valence-corrected chi connectivity index (χ4v) is 2.74. The van der Waals surface area contributed by atoms with Crippen molar-refractivity contribution in [3.05, 3.63) is 69.6 Å². The SMILES string of the molecule is Cn1c(=O)n(C)c2cc(NC(=O)/C=C/c3ccccc3Cl)ccc21. The number of nitrogens with zero attached hydrogens (tertiary/aromatic N) is 2. The zero-order valence-corrected chi connectivity index (χ0v) is 14.0. The number of anilines is 1. The predicted octanol–water partition coefficient (Wildman–Crippen LogP) is 3.18. The second-order valence-corrected chi connectivity index (χ2v) is 5.86. The number of rotatable bonds is 3. The molecular weight excluding hydrogens is 326 g/mol. The van der Waals surface area contributed by atoms with Gasteiger partial charge in [-0.1, -0.05) is 29.8 Å². The highest BCUT2D eigenvalue weighted by atomic mass is 35.5. The molecule has 1 amide bonds. The van der Waals surface area contributed by atoms with Crippen LogP contribution in [-0.2, 0) is 18.9 Å². The summed E-state index contributed by atoms with van der Waals surface area (Å²) in [5.74, 6) is -0.268. The molecule has 0 radical (unpaired) electrons. The Morgan fingerprint density at radius 1 is 1.08 bits per heavy atom. The van der Waals surface area contributed by atoms with Crippen molar-refractivity contribution >= 4 is 40.3 Å². The maximum Gasteiger partial charge on any atom is 0.328 e. The summed E-state index contributed by atoms with van der Waals surface area (Å²) in [6.45, 7) is 0. The molecule has 3 rings (SSSR count). The Balaban J connectivity index is 1.82. The molecule has 1 N–H and O–H groups in total. The highest BCUT2D eigenvalue weighted by Crippen LogP contribution is 2.18. The molecule has 0 aliphatic rings. The van der Waals surface area contributed by atoms with E-state index in [9.17, 15) is 9.59 Å². The Morgan fingerprint density at radius 3 is 2.54 bits per heavy atom. The van der Waals surface area contributed by atoms with Crippen molar-refractivity contribution in [3.63, 3.8) is 0 Å². The molecular formula is C18H16ClN3O2. The smallest absolute Gasteiger partial charge is 0.322 e. The quantitative estimate of drug-likeness (QED) is 0.744. The summed E-state index contributed by atoms with van der Waals surface area (Å²) in [6, 6.07) is 12.6. The van der Waals surface area contributed by atoms with Crippen molar-refractivity contribution in [1.29, 1.82) is 0 Å². The first-order chi connectivity index (χ1) is 11.5. The third kappa shape index (κ3) is 2.98. The number of carbonyl (C=O) groups excluding carboxylic acids is 1. The number of carbonyl (C=O) groups is 1. The molecule has 2 aromatic carbocycles. The van der Waals surface area contributed by atoms with Gasteiger partial charge in [0.2, 0.25) is 5.91 Å². The normalized spacial score (nSPS) is 11.3. The van der Waals surface area contributed by atoms with Crippen molar-refractivity contribution in [2.75, 3.05) is 5.32 Å². The molecule has 0 aliphatic heterocycles. The van der Waals surface area contributed by atoms with Crippen LogP contribution in [0.4, 0.5) is 5.69 Å². The fraction of sp³-hybridized carbons (Fsp3) is 0.111. The van der Waals surface area contributed by atoms with Crippen LogP contribution in [0.2, 0.25) is 5.02 Å². The zero-order valence-electron chi connectivity index (χ0n) is 13.3. The van der Waals surface area contributed by atoms with Crippen LogP contribution in [0.1, 0.15) is 5.56 Å². The molecule has 0 bridgehead atoms. The number of hydrogen-bond acceptors (Lipinski definition) is 2. The van der Waals surface area contributed by atoms with Crippen LogP contribution in [0, 0.1) is 0 Å². The van der Waals surface area contributed by atoms with Gasteiger partial charge in [0.25, 0.3) is 0 Å². The summed E-state index contributed by atoms with van der Waals surface area (Å²) in [7, 11) is 3.42. The topological polar surface area (TPSA) is 56.0 Å². The molecule has 0 spiro atoms. The van der Waals surface area contributed by atoms with E-state index < -0.39 is 0 Å². The van der Waals surface area contributed by atoms with E-state index >= 15 is 0 Å².